The van der Waals surface area contributed by atoms with Crippen molar-refractivity contribution in [2.75, 3.05) is 19.7 Å². The van der Waals surface area contributed by atoms with Crippen molar-refractivity contribution in [3.05, 3.63) is 23.8 Å². The summed E-state index contributed by atoms with van der Waals surface area (Å²) in [5.74, 6) is 0.592. The van der Waals surface area contributed by atoms with E-state index in [-0.39, 0.29) is 5.75 Å². The average Bonchev–Trinajstić information content (AvgIpc) is 2.44. The molecule has 0 spiro atoms. The number of hydrogen-bond acceptors (Lipinski definition) is 3. The van der Waals surface area contributed by atoms with Gasteiger partial charge >= 0.3 is 6.36 Å². The van der Waals surface area contributed by atoms with Crippen molar-refractivity contribution < 1.29 is 22.6 Å². The molecule has 0 radical (unpaired) electrons. The van der Waals surface area contributed by atoms with Crippen LogP contribution in [0.3, 0.4) is 0 Å². The molecule has 2 rings (SSSR count). The van der Waals surface area contributed by atoms with E-state index in [4.69, 9.17) is 4.74 Å². The minimum Gasteiger partial charge on any atom is -0.493 e. The molecule has 0 aromatic heterocycles. The summed E-state index contributed by atoms with van der Waals surface area (Å²) in [7, 11) is 0. The lowest BCUT2D eigenvalue weighted by Gasteiger charge is -2.25. The number of nitrogens with one attached hydrogen (secondary N) is 1. The van der Waals surface area contributed by atoms with Crippen molar-refractivity contribution in [1.82, 2.24) is 5.32 Å². The van der Waals surface area contributed by atoms with E-state index < -0.39 is 6.36 Å². The summed E-state index contributed by atoms with van der Waals surface area (Å²) >= 11 is 0. The Morgan fingerprint density at radius 1 is 1.24 bits per heavy atom. The minimum absolute atomic E-state index is 0.230. The maximum atomic E-state index is 12.3. The first-order valence-electron chi connectivity index (χ1n) is 7.23. The fraction of sp³-hybridized carbons (Fsp3) is 0.600. The Bertz CT molecular complexity index is 457. The second-order valence-corrected chi connectivity index (χ2v) is 5.12. The zero-order valence-corrected chi connectivity index (χ0v) is 12.0. The zero-order valence-electron chi connectivity index (χ0n) is 12.0. The van der Waals surface area contributed by atoms with E-state index in [9.17, 15) is 13.2 Å². The molecule has 118 valence electrons. The molecule has 1 fully saturated rings. The lowest BCUT2D eigenvalue weighted by Crippen LogP contribution is -2.27. The van der Waals surface area contributed by atoms with Gasteiger partial charge in [-0.05, 0) is 49.9 Å². The Kier molecular flexibility index (Phi) is 5.33. The first kappa shape index (κ1) is 15.9. The lowest BCUT2D eigenvalue weighted by molar-refractivity contribution is -0.274. The molecule has 1 N–H and O–H groups in total. The van der Waals surface area contributed by atoms with Crippen molar-refractivity contribution in [3.8, 4) is 11.5 Å². The molecule has 0 atom stereocenters. The number of rotatable bonds is 5. The third-order valence-electron chi connectivity index (χ3n) is 3.46. The first-order valence-corrected chi connectivity index (χ1v) is 7.23. The third-order valence-corrected chi connectivity index (χ3v) is 3.46. The van der Waals surface area contributed by atoms with Gasteiger partial charge in [0.2, 0.25) is 0 Å². The highest BCUT2D eigenvalue weighted by Crippen LogP contribution is 2.36. The Balaban J connectivity index is 2.21. The van der Waals surface area contributed by atoms with E-state index in [2.05, 4.69) is 10.1 Å². The van der Waals surface area contributed by atoms with E-state index in [1.165, 1.54) is 12.1 Å². The van der Waals surface area contributed by atoms with Crippen molar-refractivity contribution in [1.29, 1.82) is 0 Å². The van der Waals surface area contributed by atoms with Gasteiger partial charge in [0.25, 0.3) is 0 Å². The predicted octanol–water partition coefficient (Wildman–Crippen LogP) is 3.84. The van der Waals surface area contributed by atoms with Crippen LogP contribution < -0.4 is 14.8 Å². The Labute approximate surface area is 122 Å². The van der Waals surface area contributed by atoms with Crippen molar-refractivity contribution in [3.63, 3.8) is 0 Å². The van der Waals surface area contributed by atoms with Gasteiger partial charge in [-0.25, -0.2) is 0 Å². The quantitative estimate of drug-likeness (QED) is 0.896. The van der Waals surface area contributed by atoms with E-state index in [1.807, 2.05) is 6.92 Å². The van der Waals surface area contributed by atoms with Gasteiger partial charge < -0.3 is 14.8 Å². The van der Waals surface area contributed by atoms with Gasteiger partial charge in [-0.1, -0.05) is 13.0 Å². The van der Waals surface area contributed by atoms with E-state index >= 15 is 0 Å². The van der Waals surface area contributed by atoms with Gasteiger partial charge in [-0.15, -0.1) is 13.2 Å². The fourth-order valence-electron chi connectivity index (χ4n) is 2.52. The van der Waals surface area contributed by atoms with Crippen LogP contribution in [-0.4, -0.2) is 26.1 Å². The summed E-state index contributed by atoms with van der Waals surface area (Å²) in [5.41, 5.74) is 0.972. The molecule has 0 bridgehead atoms. The molecule has 1 saturated heterocycles. The number of piperidine rings is 1. The highest BCUT2D eigenvalue weighted by atomic mass is 19.4. The first-order chi connectivity index (χ1) is 9.99. The maximum absolute atomic E-state index is 12.3. The summed E-state index contributed by atoms with van der Waals surface area (Å²) in [6, 6.07) is 4.41. The maximum Gasteiger partial charge on any atom is 0.573 e. The molecule has 6 heteroatoms. The smallest absolute Gasteiger partial charge is 0.493 e. The molecule has 1 aliphatic heterocycles. The summed E-state index contributed by atoms with van der Waals surface area (Å²) in [6.45, 7) is 4.27. The molecule has 0 unspecified atom stereocenters. The van der Waals surface area contributed by atoms with Crippen LogP contribution >= 0.6 is 0 Å². The Morgan fingerprint density at radius 2 is 1.95 bits per heavy atom. The standard InChI is InChI=1S/C15H20F3NO2/c1-2-9-20-14-10-12(21-15(16,17)18)3-4-13(14)11-5-7-19-8-6-11/h3-4,10-11,19H,2,5-9H2,1H3. The predicted molar refractivity (Wildman–Crippen MR) is 73.8 cm³/mol. The van der Waals surface area contributed by atoms with Crippen molar-refractivity contribution >= 4 is 0 Å². The largest absolute Gasteiger partial charge is 0.573 e. The number of alkyl halides is 3. The molecule has 1 heterocycles. The summed E-state index contributed by atoms with van der Waals surface area (Å²) in [4.78, 5) is 0. The highest BCUT2D eigenvalue weighted by molar-refractivity contribution is 5.43. The Hall–Kier alpha value is -1.43. The van der Waals surface area contributed by atoms with E-state index in [1.54, 1.807) is 6.07 Å². The van der Waals surface area contributed by atoms with Crippen molar-refractivity contribution in [2.24, 2.45) is 0 Å². The molecule has 0 saturated carbocycles. The van der Waals surface area contributed by atoms with Crippen LogP contribution in [0.15, 0.2) is 18.2 Å². The second-order valence-electron chi connectivity index (χ2n) is 5.12. The van der Waals surface area contributed by atoms with Crippen LogP contribution in [0, 0.1) is 0 Å². The molecule has 0 amide bonds. The molecule has 1 aromatic carbocycles. The summed E-state index contributed by atoms with van der Waals surface area (Å²) in [6.07, 6.45) is -1.96. The SMILES string of the molecule is CCCOc1cc(OC(F)(F)F)ccc1C1CCNCC1. The lowest BCUT2D eigenvalue weighted by atomic mass is 9.89. The molecule has 1 aromatic rings. The van der Waals surface area contributed by atoms with E-state index in [0.29, 0.717) is 18.3 Å². The van der Waals surface area contributed by atoms with E-state index in [0.717, 1.165) is 37.9 Å². The van der Waals surface area contributed by atoms with Crippen LogP contribution in [0.4, 0.5) is 13.2 Å². The minimum atomic E-state index is -4.68. The molecular weight excluding hydrogens is 283 g/mol. The molecule has 21 heavy (non-hydrogen) atoms. The fourth-order valence-corrected chi connectivity index (χ4v) is 2.52. The van der Waals surface area contributed by atoms with Crippen LogP contribution in [0.25, 0.3) is 0 Å². The summed E-state index contributed by atoms with van der Waals surface area (Å²) in [5, 5.41) is 3.28. The number of benzene rings is 1. The molecular formula is C15H20F3NO2. The summed E-state index contributed by atoms with van der Waals surface area (Å²) < 4.78 is 46.5. The average molecular weight is 303 g/mol. The second kappa shape index (κ2) is 7.02. The van der Waals surface area contributed by atoms with Gasteiger partial charge in [0.15, 0.2) is 0 Å². The monoisotopic (exact) mass is 303 g/mol. The third kappa shape index (κ3) is 4.81. The number of halogens is 3. The highest BCUT2D eigenvalue weighted by Gasteiger charge is 2.31. The van der Waals surface area contributed by atoms with Gasteiger partial charge in [0.05, 0.1) is 6.61 Å². The van der Waals surface area contributed by atoms with Crippen LogP contribution in [0.5, 0.6) is 11.5 Å². The van der Waals surface area contributed by atoms with Crippen LogP contribution in [0.1, 0.15) is 37.7 Å². The normalized spacial score (nSPS) is 16.8. The van der Waals surface area contributed by atoms with Gasteiger partial charge in [0.1, 0.15) is 11.5 Å². The van der Waals surface area contributed by atoms with Crippen molar-refractivity contribution in [2.45, 2.75) is 38.5 Å². The molecule has 0 aliphatic carbocycles. The molecule has 3 nitrogen and oxygen atoms in total. The number of hydrogen-bond donors (Lipinski definition) is 1. The Morgan fingerprint density at radius 3 is 2.57 bits per heavy atom. The molecule has 1 aliphatic rings. The topological polar surface area (TPSA) is 30.5 Å². The number of ether oxygens (including phenoxy) is 2. The van der Waals surface area contributed by atoms with Gasteiger partial charge in [-0.2, -0.15) is 0 Å². The van der Waals surface area contributed by atoms with Crippen LogP contribution in [-0.2, 0) is 0 Å². The van der Waals surface area contributed by atoms with Gasteiger partial charge in [-0.3, -0.25) is 0 Å². The zero-order chi connectivity index (χ0) is 15.3. The van der Waals surface area contributed by atoms with Crippen LogP contribution in [0.2, 0.25) is 0 Å². The van der Waals surface area contributed by atoms with Gasteiger partial charge in [0, 0.05) is 6.07 Å².